The maximum Gasteiger partial charge on any atom is 0.316 e. The first-order chi connectivity index (χ1) is 11.4. The third kappa shape index (κ3) is 5.46. The van der Waals surface area contributed by atoms with E-state index in [1.165, 1.54) is 11.8 Å². The van der Waals surface area contributed by atoms with Crippen molar-refractivity contribution in [3.8, 4) is 0 Å². The quantitative estimate of drug-likeness (QED) is 0.323. The molecule has 0 aromatic heterocycles. The smallest absolute Gasteiger partial charge is 0.316 e. The summed E-state index contributed by atoms with van der Waals surface area (Å²) in [7, 11) is 0. The van der Waals surface area contributed by atoms with Gasteiger partial charge in [0.1, 0.15) is 0 Å². The molecule has 0 unspecified atom stereocenters. The molecule has 0 spiro atoms. The van der Waals surface area contributed by atoms with E-state index in [1.807, 2.05) is 26.0 Å². The van der Waals surface area contributed by atoms with Crippen LogP contribution in [0.15, 0.2) is 50.2 Å². The van der Waals surface area contributed by atoms with Crippen molar-refractivity contribution in [1.82, 2.24) is 0 Å². The first-order valence-corrected chi connectivity index (χ1v) is 9.78. The molecule has 0 radical (unpaired) electrons. The molecular formula is C18H16Br2O3S. The lowest BCUT2D eigenvalue weighted by Crippen LogP contribution is -2.15. The fourth-order valence-corrected chi connectivity index (χ4v) is 3.58. The molecule has 24 heavy (non-hydrogen) atoms. The summed E-state index contributed by atoms with van der Waals surface area (Å²) in [5.41, 5.74) is 2.73. The largest absolute Gasteiger partial charge is 0.457 e. The van der Waals surface area contributed by atoms with Gasteiger partial charge in [-0.1, -0.05) is 44.0 Å². The monoisotopic (exact) mass is 470 g/mol. The summed E-state index contributed by atoms with van der Waals surface area (Å²) >= 11 is 8.21. The highest BCUT2D eigenvalue weighted by molar-refractivity contribution is 9.10. The highest BCUT2D eigenvalue weighted by Crippen LogP contribution is 2.28. The second-order valence-corrected chi connectivity index (χ2v) is 8.03. The van der Waals surface area contributed by atoms with Gasteiger partial charge in [0.2, 0.25) is 0 Å². The summed E-state index contributed by atoms with van der Waals surface area (Å²) in [4.78, 5) is 24.9. The number of ether oxygens (including phenoxy) is 1. The molecule has 0 N–H and O–H groups in total. The first kappa shape index (κ1) is 19.2. The Balaban J connectivity index is 1.84. The van der Waals surface area contributed by atoms with Gasteiger partial charge in [-0.3, -0.25) is 9.59 Å². The SMILES string of the molecule is Cc1cc(SCC(=O)OCC(=O)c2ccc(Br)cc2)c(C)cc1Br. The molecule has 0 bridgehead atoms. The van der Waals surface area contributed by atoms with E-state index in [0.29, 0.717) is 5.56 Å². The van der Waals surface area contributed by atoms with Gasteiger partial charge in [-0.2, -0.15) is 0 Å². The average Bonchev–Trinajstić information content (AvgIpc) is 2.55. The summed E-state index contributed by atoms with van der Waals surface area (Å²) in [6, 6.07) is 11.0. The Hall–Kier alpha value is -1.11. The van der Waals surface area contributed by atoms with Crippen molar-refractivity contribution >= 4 is 55.4 Å². The molecule has 0 heterocycles. The molecule has 0 aliphatic rings. The van der Waals surface area contributed by atoms with Crippen LogP contribution in [0.1, 0.15) is 21.5 Å². The Kier molecular flexibility index (Phi) is 7.07. The number of aryl methyl sites for hydroxylation is 2. The van der Waals surface area contributed by atoms with Crippen molar-refractivity contribution in [2.45, 2.75) is 18.7 Å². The number of esters is 1. The molecular weight excluding hydrogens is 456 g/mol. The maximum absolute atomic E-state index is 12.0. The fraction of sp³-hybridized carbons (Fsp3) is 0.222. The number of Topliss-reactive ketones (excluding diaryl/α,β-unsaturated/α-hetero) is 1. The van der Waals surface area contributed by atoms with Gasteiger partial charge in [0.05, 0.1) is 5.75 Å². The second kappa shape index (κ2) is 8.83. The van der Waals surface area contributed by atoms with Gasteiger partial charge in [-0.25, -0.2) is 0 Å². The number of carbonyl (C=O) groups is 2. The third-order valence-corrected chi connectivity index (χ3v) is 5.85. The number of benzene rings is 2. The van der Waals surface area contributed by atoms with Crippen LogP contribution >= 0.6 is 43.6 Å². The summed E-state index contributed by atoms with van der Waals surface area (Å²) in [6.45, 7) is 3.76. The van der Waals surface area contributed by atoms with Crippen LogP contribution in [0, 0.1) is 13.8 Å². The van der Waals surface area contributed by atoms with Crippen molar-refractivity contribution in [3.05, 3.63) is 62.0 Å². The van der Waals surface area contributed by atoms with Crippen LogP contribution in [0.4, 0.5) is 0 Å². The molecule has 2 aromatic carbocycles. The molecule has 0 saturated heterocycles. The van der Waals surface area contributed by atoms with Crippen molar-refractivity contribution in [1.29, 1.82) is 0 Å². The molecule has 0 aliphatic heterocycles. The average molecular weight is 472 g/mol. The lowest BCUT2D eigenvalue weighted by molar-refractivity contribution is -0.139. The number of hydrogen-bond acceptors (Lipinski definition) is 4. The molecule has 0 aliphatic carbocycles. The Morgan fingerprint density at radius 3 is 2.38 bits per heavy atom. The van der Waals surface area contributed by atoms with Crippen LogP contribution in [0.5, 0.6) is 0 Å². The number of ketones is 1. The Bertz CT molecular complexity index is 758. The van der Waals surface area contributed by atoms with E-state index in [9.17, 15) is 9.59 Å². The van der Waals surface area contributed by atoms with Gasteiger partial charge >= 0.3 is 5.97 Å². The standard InChI is InChI=1S/C18H16Br2O3S/c1-11-8-17(12(2)7-15(11)20)24-10-18(22)23-9-16(21)13-3-5-14(19)6-4-13/h3-8H,9-10H2,1-2H3. The zero-order valence-corrected chi connectivity index (χ0v) is 17.3. The van der Waals surface area contributed by atoms with E-state index in [2.05, 4.69) is 31.9 Å². The van der Waals surface area contributed by atoms with E-state index < -0.39 is 5.97 Å². The molecule has 126 valence electrons. The van der Waals surface area contributed by atoms with Crippen LogP contribution < -0.4 is 0 Å². The molecule has 2 aromatic rings. The summed E-state index contributed by atoms with van der Waals surface area (Å²) < 4.78 is 7.02. The van der Waals surface area contributed by atoms with Crippen molar-refractivity contribution in [3.63, 3.8) is 0 Å². The van der Waals surface area contributed by atoms with Gasteiger partial charge in [-0.05, 0) is 49.2 Å². The highest BCUT2D eigenvalue weighted by Gasteiger charge is 2.11. The zero-order valence-electron chi connectivity index (χ0n) is 13.3. The lowest BCUT2D eigenvalue weighted by Gasteiger charge is -2.09. The maximum atomic E-state index is 12.0. The Morgan fingerprint density at radius 2 is 1.71 bits per heavy atom. The topological polar surface area (TPSA) is 43.4 Å². The molecule has 2 rings (SSSR count). The summed E-state index contributed by atoms with van der Waals surface area (Å²) in [6.07, 6.45) is 0. The number of hydrogen-bond donors (Lipinski definition) is 0. The number of carbonyl (C=O) groups excluding carboxylic acids is 2. The summed E-state index contributed by atoms with van der Waals surface area (Å²) in [5, 5.41) is 0. The minimum atomic E-state index is -0.398. The van der Waals surface area contributed by atoms with E-state index >= 15 is 0 Å². The van der Waals surface area contributed by atoms with E-state index in [0.717, 1.165) is 25.0 Å². The Morgan fingerprint density at radius 1 is 1.04 bits per heavy atom. The minimum absolute atomic E-state index is 0.176. The zero-order chi connectivity index (χ0) is 17.7. The molecule has 3 nitrogen and oxygen atoms in total. The predicted molar refractivity (Wildman–Crippen MR) is 104 cm³/mol. The Labute approximate surface area is 162 Å². The molecule has 0 fully saturated rings. The predicted octanol–water partition coefficient (Wildman–Crippen LogP) is 5.35. The van der Waals surface area contributed by atoms with Crippen molar-refractivity contribution in [2.24, 2.45) is 0 Å². The second-order valence-electron chi connectivity index (χ2n) is 5.25. The van der Waals surface area contributed by atoms with Crippen molar-refractivity contribution in [2.75, 3.05) is 12.4 Å². The van der Waals surface area contributed by atoms with Crippen LogP contribution in [0.2, 0.25) is 0 Å². The van der Waals surface area contributed by atoms with Gasteiger partial charge in [-0.15, -0.1) is 11.8 Å². The van der Waals surface area contributed by atoms with Crippen LogP contribution in [-0.4, -0.2) is 24.1 Å². The highest BCUT2D eigenvalue weighted by atomic mass is 79.9. The number of rotatable bonds is 6. The number of halogens is 2. The lowest BCUT2D eigenvalue weighted by atomic mass is 10.1. The van der Waals surface area contributed by atoms with Gasteiger partial charge in [0, 0.05) is 19.4 Å². The van der Waals surface area contributed by atoms with E-state index in [1.54, 1.807) is 24.3 Å². The van der Waals surface area contributed by atoms with Crippen LogP contribution in [0.25, 0.3) is 0 Å². The van der Waals surface area contributed by atoms with Crippen molar-refractivity contribution < 1.29 is 14.3 Å². The molecule has 0 saturated carbocycles. The van der Waals surface area contributed by atoms with E-state index in [4.69, 9.17) is 4.74 Å². The van der Waals surface area contributed by atoms with Gasteiger partial charge in [0.25, 0.3) is 0 Å². The fourth-order valence-electron chi connectivity index (χ4n) is 1.95. The molecule has 0 amide bonds. The van der Waals surface area contributed by atoms with E-state index in [-0.39, 0.29) is 18.1 Å². The number of thioether (sulfide) groups is 1. The normalized spacial score (nSPS) is 10.5. The first-order valence-electron chi connectivity index (χ1n) is 7.20. The van der Waals surface area contributed by atoms with Crippen LogP contribution in [0.3, 0.4) is 0 Å². The van der Waals surface area contributed by atoms with Gasteiger partial charge in [0.15, 0.2) is 12.4 Å². The molecule has 6 heteroatoms. The van der Waals surface area contributed by atoms with Gasteiger partial charge < -0.3 is 4.74 Å². The minimum Gasteiger partial charge on any atom is -0.457 e. The third-order valence-electron chi connectivity index (χ3n) is 3.33. The van der Waals surface area contributed by atoms with Crippen LogP contribution in [-0.2, 0) is 9.53 Å². The summed E-state index contributed by atoms with van der Waals surface area (Å²) in [5.74, 6) is -0.433. The molecule has 0 atom stereocenters.